The lowest BCUT2D eigenvalue weighted by Gasteiger charge is -2.32. The average molecular weight is 550 g/mol. The molecule has 7 nitrogen and oxygen atoms in total. The molecule has 1 aliphatic rings. The van der Waals surface area contributed by atoms with Crippen LogP contribution in [0, 0.1) is 12.7 Å². The zero-order valence-electron chi connectivity index (χ0n) is 18.5. The summed E-state index contributed by atoms with van der Waals surface area (Å²) in [5.41, 5.74) is 3.27. The highest BCUT2D eigenvalue weighted by molar-refractivity contribution is 14.0. The van der Waals surface area contributed by atoms with Gasteiger partial charge in [-0.25, -0.2) is 9.38 Å². The molecule has 3 aromatic rings. The number of hydrogen-bond donors (Lipinski definition) is 1. The number of methoxy groups -OCH3 is 1. The Morgan fingerprint density at radius 2 is 1.94 bits per heavy atom. The fraction of sp³-hybridized carbons (Fsp3) is 0.348. The first-order valence-corrected chi connectivity index (χ1v) is 10.3. The maximum atomic E-state index is 13.8. The molecule has 170 valence electrons. The SMILES string of the molecule is COc1ccc(CN=C(NCc2nnc(C)n2C)N2CCc3ccc(F)cc3C2)cc1.I. The van der Waals surface area contributed by atoms with Crippen LogP contribution in [0.15, 0.2) is 47.5 Å². The first kappa shape index (κ1) is 24.0. The van der Waals surface area contributed by atoms with Gasteiger partial charge in [0.2, 0.25) is 0 Å². The van der Waals surface area contributed by atoms with Gasteiger partial charge < -0.3 is 19.5 Å². The molecule has 0 radical (unpaired) electrons. The Balaban J connectivity index is 0.00000289. The largest absolute Gasteiger partial charge is 0.497 e. The molecule has 2 aromatic carbocycles. The molecule has 1 N–H and O–H groups in total. The molecule has 9 heteroatoms. The molecule has 4 rings (SSSR count). The zero-order valence-corrected chi connectivity index (χ0v) is 20.8. The lowest BCUT2D eigenvalue weighted by Crippen LogP contribution is -2.44. The number of aryl methyl sites for hydroxylation is 1. The summed E-state index contributed by atoms with van der Waals surface area (Å²) in [6.07, 6.45) is 0.849. The minimum atomic E-state index is -0.208. The van der Waals surface area contributed by atoms with Gasteiger partial charge in [0.15, 0.2) is 11.8 Å². The summed E-state index contributed by atoms with van der Waals surface area (Å²) in [7, 11) is 3.60. The Morgan fingerprint density at radius 3 is 2.62 bits per heavy atom. The van der Waals surface area contributed by atoms with E-state index in [1.807, 2.05) is 48.9 Å². The van der Waals surface area contributed by atoms with Crippen LogP contribution in [0.3, 0.4) is 0 Å². The Bertz CT molecular complexity index is 1080. The molecule has 0 saturated carbocycles. The van der Waals surface area contributed by atoms with Crippen molar-refractivity contribution < 1.29 is 9.13 Å². The van der Waals surface area contributed by atoms with Crippen LogP contribution in [0.1, 0.15) is 28.3 Å². The zero-order chi connectivity index (χ0) is 21.8. The molecule has 32 heavy (non-hydrogen) atoms. The van der Waals surface area contributed by atoms with E-state index in [1.165, 1.54) is 11.6 Å². The number of fused-ring (bicyclic) bond motifs is 1. The average Bonchev–Trinajstić information content (AvgIpc) is 3.11. The lowest BCUT2D eigenvalue weighted by molar-refractivity contribution is 0.375. The van der Waals surface area contributed by atoms with Crippen LogP contribution in [0.25, 0.3) is 0 Å². The Kier molecular flexibility index (Phi) is 8.05. The smallest absolute Gasteiger partial charge is 0.194 e. The third-order valence-electron chi connectivity index (χ3n) is 5.64. The number of guanidine groups is 1. The van der Waals surface area contributed by atoms with E-state index in [0.717, 1.165) is 47.5 Å². The summed E-state index contributed by atoms with van der Waals surface area (Å²) in [5, 5.41) is 11.8. The van der Waals surface area contributed by atoms with Crippen molar-refractivity contribution in [2.45, 2.75) is 33.0 Å². The standard InChI is InChI=1S/C23H27FN6O.HI/c1-16-27-28-22(29(16)2)14-26-23(25-13-17-4-8-21(31-3)9-5-17)30-11-10-18-6-7-20(24)12-19(18)15-30;/h4-9,12H,10-11,13-15H2,1-3H3,(H,25,26);1H. The first-order chi connectivity index (χ1) is 15.0. The Morgan fingerprint density at radius 1 is 1.16 bits per heavy atom. The Labute approximate surface area is 204 Å². The second-order valence-corrected chi connectivity index (χ2v) is 7.65. The van der Waals surface area contributed by atoms with Crippen molar-refractivity contribution in [2.24, 2.45) is 12.0 Å². The van der Waals surface area contributed by atoms with E-state index < -0.39 is 0 Å². The van der Waals surface area contributed by atoms with Crippen molar-refractivity contribution in [3.8, 4) is 5.75 Å². The van der Waals surface area contributed by atoms with Gasteiger partial charge in [0.05, 0.1) is 20.2 Å². The maximum Gasteiger partial charge on any atom is 0.194 e. The van der Waals surface area contributed by atoms with E-state index in [1.54, 1.807) is 13.2 Å². The van der Waals surface area contributed by atoms with Crippen LogP contribution in [0.2, 0.25) is 0 Å². The topological polar surface area (TPSA) is 67.6 Å². The predicted octanol–water partition coefficient (Wildman–Crippen LogP) is 3.59. The van der Waals surface area contributed by atoms with Gasteiger partial charge >= 0.3 is 0 Å². The van der Waals surface area contributed by atoms with E-state index in [9.17, 15) is 4.39 Å². The van der Waals surface area contributed by atoms with Crippen molar-refractivity contribution in [3.63, 3.8) is 0 Å². The molecule has 0 spiro atoms. The van der Waals surface area contributed by atoms with Crippen molar-refractivity contribution in [1.82, 2.24) is 25.0 Å². The molecule has 0 fully saturated rings. The first-order valence-electron chi connectivity index (χ1n) is 10.3. The molecule has 0 aliphatic carbocycles. The van der Waals surface area contributed by atoms with Gasteiger partial charge in [-0.3, -0.25) is 0 Å². The van der Waals surface area contributed by atoms with Gasteiger partial charge in [0.25, 0.3) is 0 Å². The van der Waals surface area contributed by atoms with E-state index >= 15 is 0 Å². The number of rotatable bonds is 5. The maximum absolute atomic E-state index is 13.8. The molecule has 0 saturated heterocycles. The van der Waals surface area contributed by atoms with E-state index in [2.05, 4.69) is 20.4 Å². The number of benzene rings is 2. The fourth-order valence-corrected chi connectivity index (χ4v) is 3.63. The minimum absolute atomic E-state index is 0. The number of hydrogen-bond acceptors (Lipinski definition) is 4. The second-order valence-electron chi connectivity index (χ2n) is 7.65. The Hall–Kier alpha value is -2.69. The highest BCUT2D eigenvalue weighted by Gasteiger charge is 2.20. The summed E-state index contributed by atoms with van der Waals surface area (Å²) in [6.45, 7) is 4.37. The van der Waals surface area contributed by atoms with Crippen LogP contribution in [-0.2, 0) is 33.1 Å². The monoisotopic (exact) mass is 550 g/mol. The third kappa shape index (κ3) is 5.56. The number of aliphatic imine (C=N–C) groups is 1. The summed E-state index contributed by atoms with van der Waals surface area (Å²) in [5.74, 6) is 3.07. The van der Waals surface area contributed by atoms with E-state index in [0.29, 0.717) is 19.6 Å². The van der Waals surface area contributed by atoms with Gasteiger partial charge in [-0.05, 0) is 54.3 Å². The summed E-state index contributed by atoms with van der Waals surface area (Å²) < 4.78 is 21.0. The van der Waals surface area contributed by atoms with Crippen molar-refractivity contribution in [1.29, 1.82) is 0 Å². The predicted molar refractivity (Wildman–Crippen MR) is 133 cm³/mol. The van der Waals surface area contributed by atoms with Gasteiger partial charge in [0.1, 0.15) is 17.4 Å². The van der Waals surface area contributed by atoms with E-state index in [4.69, 9.17) is 9.73 Å². The quantitative estimate of drug-likeness (QED) is 0.299. The highest BCUT2D eigenvalue weighted by atomic mass is 127. The van der Waals surface area contributed by atoms with Gasteiger partial charge in [-0.15, -0.1) is 34.2 Å². The number of aromatic nitrogens is 3. The molecular formula is C23H28FIN6O. The van der Waals surface area contributed by atoms with Crippen molar-refractivity contribution >= 4 is 29.9 Å². The van der Waals surface area contributed by atoms with Crippen molar-refractivity contribution in [2.75, 3.05) is 13.7 Å². The van der Waals surface area contributed by atoms with Crippen LogP contribution >= 0.6 is 24.0 Å². The molecule has 0 atom stereocenters. The molecule has 0 unspecified atom stereocenters. The number of halogens is 2. The number of nitrogens with zero attached hydrogens (tertiary/aromatic N) is 5. The number of ether oxygens (including phenoxy) is 1. The summed E-state index contributed by atoms with van der Waals surface area (Å²) in [6, 6.07) is 12.9. The molecular weight excluding hydrogens is 522 g/mol. The fourth-order valence-electron chi connectivity index (χ4n) is 3.63. The molecule has 1 aliphatic heterocycles. The molecule has 0 bridgehead atoms. The molecule has 1 aromatic heterocycles. The minimum Gasteiger partial charge on any atom is -0.497 e. The van der Waals surface area contributed by atoms with Gasteiger partial charge in [-0.2, -0.15) is 0 Å². The highest BCUT2D eigenvalue weighted by Crippen LogP contribution is 2.20. The second kappa shape index (κ2) is 10.8. The van der Waals surface area contributed by atoms with Crippen LogP contribution in [0.5, 0.6) is 5.75 Å². The summed E-state index contributed by atoms with van der Waals surface area (Å²) >= 11 is 0. The van der Waals surface area contributed by atoms with E-state index in [-0.39, 0.29) is 29.8 Å². The molecule has 0 amide bonds. The lowest BCUT2D eigenvalue weighted by atomic mass is 10.00. The van der Waals surface area contributed by atoms with Crippen LogP contribution in [-0.4, -0.2) is 39.3 Å². The molecule has 2 heterocycles. The van der Waals surface area contributed by atoms with Crippen LogP contribution in [0.4, 0.5) is 4.39 Å². The van der Waals surface area contributed by atoms with Gasteiger partial charge in [0, 0.05) is 20.1 Å². The third-order valence-corrected chi connectivity index (χ3v) is 5.64. The van der Waals surface area contributed by atoms with Crippen LogP contribution < -0.4 is 10.1 Å². The number of nitrogens with one attached hydrogen (secondary N) is 1. The van der Waals surface area contributed by atoms with Gasteiger partial charge in [-0.1, -0.05) is 18.2 Å². The normalized spacial score (nSPS) is 13.4. The van der Waals surface area contributed by atoms with Crippen molar-refractivity contribution in [3.05, 3.63) is 76.6 Å². The summed E-state index contributed by atoms with van der Waals surface area (Å²) in [4.78, 5) is 7.02.